The number of nitrogens with zero attached hydrogens (tertiary/aromatic N) is 1. The van der Waals surface area contributed by atoms with E-state index in [1.165, 1.54) is 12.0 Å². The molecular weight excluding hydrogens is 335 g/mol. The van der Waals surface area contributed by atoms with Gasteiger partial charge in [-0.1, -0.05) is 0 Å². The highest BCUT2D eigenvalue weighted by Gasteiger charge is 2.32. The maximum atomic E-state index is 12.7. The SMILES string of the molecule is COc1ccc2c(c1)C(=O)CCN2C(=O)c1ccc(C(F)(F)F)cc1. The molecule has 1 amide bonds. The lowest BCUT2D eigenvalue weighted by molar-refractivity contribution is -0.137. The van der Waals surface area contributed by atoms with Crippen LogP contribution in [0.1, 0.15) is 32.7 Å². The third-order valence-corrected chi connectivity index (χ3v) is 4.06. The van der Waals surface area contributed by atoms with E-state index >= 15 is 0 Å². The molecule has 1 aliphatic rings. The smallest absolute Gasteiger partial charge is 0.416 e. The number of rotatable bonds is 2. The van der Waals surface area contributed by atoms with E-state index in [0.29, 0.717) is 17.0 Å². The van der Waals surface area contributed by atoms with Gasteiger partial charge in [0.05, 0.1) is 18.4 Å². The summed E-state index contributed by atoms with van der Waals surface area (Å²) in [5.74, 6) is -0.0612. The lowest BCUT2D eigenvalue weighted by atomic mass is 9.99. The summed E-state index contributed by atoms with van der Waals surface area (Å²) in [5.41, 5.74) is 0.111. The molecule has 0 aromatic heterocycles. The highest BCUT2D eigenvalue weighted by atomic mass is 19.4. The van der Waals surface area contributed by atoms with Crippen molar-refractivity contribution in [1.82, 2.24) is 0 Å². The molecule has 0 atom stereocenters. The average molecular weight is 349 g/mol. The number of alkyl halides is 3. The Kier molecular flexibility index (Phi) is 4.24. The van der Waals surface area contributed by atoms with Crippen LogP contribution in [-0.4, -0.2) is 25.3 Å². The van der Waals surface area contributed by atoms with Gasteiger partial charge in [0, 0.05) is 24.1 Å². The van der Waals surface area contributed by atoms with Crippen LogP contribution < -0.4 is 9.64 Å². The van der Waals surface area contributed by atoms with Crippen LogP contribution in [0.5, 0.6) is 5.75 Å². The molecule has 0 unspecified atom stereocenters. The number of carbonyl (C=O) groups is 2. The molecule has 0 N–H and O–H groups in total. The zero-order chi connectivity index (χ0) is 18.2. The molecule has 2 aromatic carbocycles. The minimum atomic E-state index is -4.46. The second-order valence-corrected chi connectivity index (χ2v) is 5.59. The number of amides is 1. The normalized spacial score (nSPS) is 14.2. The number of methoxy groups -OCH3 is 1. The van der Waals surface area contributed by atoms with Crippen molar-refractivity contribution in [1.29, 1.82) is 0 Å². The van der Waals surface area contributed by atoms with Crippen molar-refractivity contribution in [3.63, 3.8) is 0 Å². The Morgan fingerprint density at radius 2 is 1.80 bits per heavy atom. The summed E-state index contributed by atoms with van der Waals surface area (Å²) in [6.45, 7) is 0.179. The zero-order valence-electron chi connectivity index (χ0n) is 13.3. The summed E-state index contributed by atoms with van der Waals surface area (Å²) >= 11 is 0. The Labute approximate surface area is 141 Å². The molecule has 1 heterocycles. The number of carbonyl (C=O) groups excluding carboxylic acids is 2. The van der Waals surface area contributed by atoms with Crippen LogP contribution in [0.3, 0.4) is 0 Å². The molecule has 2 aromatic rings. The van der Waals surface area contributed by atoms with Crippen molar-refractivity contribution < 1.29 is 27.5 Å². The van der Waals surface area contributed by atoms with Gasteiger partial charge >= 0.3 is 6.18 Å². The highest BCUT2D eigenvalue weighted by molar-refractivity contribution is 6.13. The first-order valence-corrected chi connectivity index (χ1v) is 7.51. The first-order chi connectivity index (χ1) is 11.8. The number of ketones is 1. The average Bonchev–Trinajstić information content (AvgIpc) is 2.61. The number of Topliss-reactive ketones (excluding diaryl/α,β-unsaturated/α-hetero) is 1. The quantitative estimate of drug-likeness (QED) is 0.825. The van der Waals surface area contributed by atoms with Crippen LogP contribution in [0, 0.1) is 0 Å². The van der Waals surface area contributed by atoms with Crippen LogP contribution in [0.25, 0.3) is 0 Å². The Balaban J connectivity index is 1.94. The van der Waals surface area contributed by atoms with Crippen molar-refractivity contribution in [3.8, 4) is 5.75 Å². The van der Waals surface area contributed by atoms with E-state index in [2.05, 4.69) is 0 Å². The van der Waals surface area contributed by atoms with Crippen molar-refractivity contribution in [2.75, 3.05) is 18.6 Å². The molecule has 0 spiro atoms. The van der Waals surface area contributed by atoms with Gasteiger partial charge in [-0.05, 0) is 42.5 Å². The summed E-state index contributed by atoms with van der Waals surface area (Å²) < 4.78 is 43.0. The van der Waals surface area contributed by atoms with Crippen molar-refractivity contribution in [3.05, 3.63) is 59.2 Å². The van der Waals surface area contributed by atoms with Gasteiger partial charge in [-0.15, -0.1) is 0 Å². The van der Waals surface area contributed by atoms with Crippen molar-refractivity contribution >= 4 is 17.4 Å². The maximum absolute atomic E-state index is 12.7. The van der Waals surface area contributed by atoms with E-state index in [4.69, 9.17) is 4.74 Å². The van der Waals surface area contributed by atoms with E-state index in [9.17, 15) is 22.8 Å². The predicted molar refractivity (Wildman–Crippen MR) is 85.1 cm³/mol. The van der Waals surface area contributed by atoms with Gasteiger partial charge in [0.25, 0.3) is 5.91 Å². The molecule has 0 aliphatic carbocycles. The lowest BCUT2D eigenvalue weighted by Crippen LogP contribution is -2.37. The van der Waals surface area contributed by atoms with Gasteiger partial charge in [-0.3, -0.25) is 9.59 Å². The summed E-state index contributed by atoms with van der Waals surface area (Å²) in [5, 5.41) is 0. The number of fused-ring (bicyclic) bond motifs is 1. The van der Waals surface area contributed by atoms with Gasteiger partial charge in [0.2, 0.25) is 0 Å². The first kappa shape index (κ1) is 17.0. The fraction of sp³-hybridized carbons (Fsp3) is 0.222. The molecule has 0 fully saturated rings. The summed E-state index contributed by atoms with van der Waals surface area (Å²) in [7, 11) is 1.47. The summed E-state index contributed by atoms with van der Waals surface area (Å²) in [6, 6.07) is 8.83. The van der Waals surface area contributed by atoms with E-state index in [1.54, 1.807) is 18.2 Å². The molecular formula is C18H14F3NO3. The van der Waals surface area contributed by atoms with Gasteiger partial charge in [-0.2, -0.15) is 13.2 Å². The molecule has 0 saturated carbocycles. The molecule has 0 saturated heterocycles. The van der Waals surface area contributed by atoms with Crippen molar-refractivity contribution in [2.45, 2.75) is 12.6 Å². The third kappa shape index (κ3) is 3.22. The molecule has 7 heteroatoms. The Hall–Kier alpha value is -2.83. The number of hydrogen-bond donors (Lipinski definition) is 0. The highest BCUT2D eigenvalue weighted by Crippen LogP contribution is 2.32. The van der Waals surface area contributed by atoms with Crippen LogP contribution in [0.4, 0.5) is 18.9 Å². The van der Waals surface area contributed by atoms with Crippen LogP contribution in [0.2, 0.25) is 0 Å². The van der Waals surface area contributed by atoms with Crippen LogP contribution in [-0.2, 0) is 6.18 Å². The largest absolute Gasteiger partial charge is 0.497 e. The minimum absolute atomic E-state index is 0.106. The van der Waals surface area contributed by atoms with Gasteiger partial charge in [0.15, 0.2) is 5.78 Å². The topological polar surface area (TPSA) is 46.6 Å². The van der Waals surface area contributed by atoms with E-state index in [1.807, 2.05) is 0 Å². The fourth-order valence-electron chi connectivity index (χ4n) is 2.74. The third-order valence-electron chi connectivity index (χ3n) is 4.06. The zero-order valence-corrected chi connectivity index (χ0v) is 13.3. The number of halogens is 3. The lowest BCUT2D eigenvalue weighted by Gasteiger charge is -2.29. The summed E-state index contributed by atoms with van der Waals surface area (Å²) in [4.78, 5) is 26.2. The van der Waals surface area contributed by atoms with Gasteiger partial charge < -0.3 is 9.64 Å². The Morgan fingerprint density at radius 3 is 2.40 bits per heavy atom. The van der Waals surface area contributed by atoms with Crippen molar-refractivity contribution in [2.24, 2.45) is 0 Å². The van der Waals surface area contributed by atoms with E-state index in [0.717, 1.165) is 24.3 Å². The van der Waals surface area contributed by atoms with E-state index in [-0.39, 0.29) is 24.3 Å². The minimum Gasteiger partial charge on any atom is -0.497 e. The maximum Gasteiger partial charge on any atom is 0.416 e. The summed E-state index contributed by atoms with van der Waals surface area (Å²) in [6.07, 6.45) is -4.31. The molecule has 4 nitrogen and oxygen atoms in total. The van der Waals surface area contributed by atoms with Crippen LogP contribution >= 0.6 is 0 Å². The van der Waals surface area contributed by atoms with E-state index < -0.39 is 17.6 Å². The second kappa shape index (κ2) is 6.23. The number of ether oxygens (including phenoxy) is 1. The predicted octanol–water partition coefficient (Wildman–Crippen LogP) is 3.95. The van der Waals surface area contributed by atoms with Crippen LogP contribution in [0.15, 0.2) is 42.5 Å². The number of anilines is 1. The second-order valence-electron chi connectivity index (χ2n) is 5.59. The number of hydrogen-bond acceptors (Lipinski definition) is 3. The van der Waals surface area contributed by atoms with Gasteiger partial charge in [-0.25, -0.2) is 0 Å². The standard InChI is InChI=1S/C18H14F3NO3/c1-25-13-6-7-15-14(10-13)16(23)8-9-22(15)17(24)11-2-4-12(5-3-11)18(19,20)21/h2-7,10H,8-9H2,1H3. The molecule has 3 rings (SSSR count). The van der Waals surface area contributed by atoms with Gasteiger partial charge in [0.1, 0.15) is 5.75 Å². The molecule has 130 valence electrons. The molecule has 1 aliphatic heterocycles. The molecule has 0 bridgehead atoms. The molecule has 0 radical (unpaired) electrons. The first-order valence-electron chi connectivity index (χ1n) is 7.51. The Morgan fingerprint density at radius 1 is 1.12 bits per heavy atom. The monoisotopic (exact) mass is 349 g/mol. The Bertz CT molecular complexity index is 828. The fourth-order valence-corrected chi connectivity index (χ4v) is 2.74. The molecule has 25 heavy (non-hydrogen) atoms. The number of benzene rings is 2.